The fourth-order valence-electron chi connectivity index (χ4n) is 2.46. The van der Waals surface area contributed by atoms with Gasteiger partial charge < -0.3 is 9.84 Å². The van der Waals surface area contributed by atoms with Crippen molar-refractivity contribution in [2.45, 2.75) is 25.7 Å². The lowest BCUT2D eigenvalue weighted by Gasteiger charge is -2.18. The second-order valence-electron chi connectivity index (χ2n) is 5.00. The summed E-state index contributed by atoms with van der Waals surface area (Å²) >= 11 is 0. The Bertz CT molecular complexity index is 556. The summed E-state index contributed by atoms with van der Waals surface area (Å²) in [4.78, 5) is 4.41. The fourth-order valence-corrected chi connectivity index (χ4v) is 2.46. The molecule has 1 N–H and O–H groups in total. The summed E-state index contributed by atoms with van der Waals surface area (Å²) in [5.41, 5.74) is 1.49. The first-order valence-corrected chi connectivity index (χ1v) is 6.54. The molecule has 2 heterocycles. The molecule has 1 fully saturated rings. The number of hydrogen-bond acceptors (Lipinski definition) is 4. The van der Waals surface area contributed by atoms with Crippen LogP contribution in [0.2, 0.25) is 0 Å². The minimum absolute atomic E-state index is 0.281. The monoisotopic (exact) mass is 261 g/mol. The molecule has 100 valence electrons. The van der Waals surface area contributed by atoms with Crippen LogP contribution in [0.4, 0.5) is 4.39 Å². The highest BCUT2D eigenvalue weighted by molar-refractivity contribution is 5.54. The minimum atomic E-state index is -0.281. The third kappa shape index (κ3) is 2.66. The molecule has 3 rings (SSSR count). The Morgan fingerprint density at radius 2 is 2.05 bits per heavy atom. The maximum atomic E-state index is 13.4. The van der Waals surface area contributed by atoms with Crippen LogP contribution in [-0.4, -0.2) is 23.2 Å². The van der Waals surface area contributed by atoms with E-state index < -0.39 is 0 Å². The van der Waals surface area contributed by atoms with Crippen LogP contribution >= 0.6 is 0 Å². The van der Waals surface area contributed by atoms with Gasteiger partial charge in [-0.25, -0.2) is 4.39 Å². The van der Waals surface area contributed by atoms with Crippen LogP contribution in [0, 0.1) is 12.7 Å². The largest absolute Gasteiger partial charge is 0.334 e. The molecule has 1 aliphatic rings. The van der Waals surface area contributed by atoms with Gasteiger partial charge in [-0.05, 0) is 56.6 Å². The van der Waals surface area contributed by atoms with Crippen molar-refractivity contribution in [2.24, 2.45) is 0 Å². The standard InChI is InChI=1S/C14H16FN3O/c1-9-6-11(8-12(15)7-9)14-17-13(18-19-14)10-2-4-16-5-3-10/h6-8,10,16H,2-5H2,1H3. The number of halogens is 1. The molecule has 1 saturated heterocycles. The Hall–Kier alpha value is -1.75. The van der Waals surface area contributed by atoms with Gasteiger partial charge >= 0.3 is 0 Å². The molecule has 0 spiro atoms. The number of rotatable bonds is 2. The van der Waals surface area contributed by atoms with Gasteiger partial charge in [-0.3, -0.25) is 0 Å². The fraction of sp³-hybridized carbons (Fsp3) is 0.429. The average Bonchev–Trinajstić information content (AvgIpc) is 2.88. The van der Waals surface area contributed by atoms with Gasteiger partial charge in [-0.15, -0.1) is 0 Å². The van der Waals surface area contributed by atoms with Gasteiger partial charge in [0.15, 0.2) is 5.82 Å². The van der Waals surface area contributed by atoms with Crippen molar-refractivity contribution in [3.63, 3.8) is 0 Å². The predicted octanol–water partition coefficient (Wildman–Crippen LogP) is 2.65. The summed E-state index contributed by atoms with van der Waals surface area (Å²) in [6.45, 7) is 3.80. The maximum Gasteiger partial charge on any atom is 0.258 e. The van der Waals surface area contributed by atoms with Gasteiger partial charge in [-0.1, -0.05) is 5.16 Å². The van der Waals surface area contributed by atoms with Crippen molar-refractivity contribution in [3.05, 3.63) is 35.4 Å². The van der Waals surface area contributed by atoms with Crippen molar-refractivity contribution >= 4 is 0 Å². The average molecular weight is 261 g/mol. The molecule has 1 aromatic heterocycles. The van der Waals surface area contributed by atoms with Crippen LogP contribution < -0.4 is 5.32 Å². The topological polar surface area (TPSA) is 51.0 Å². The third-order valence-electron chi connectivity index (χ3n) is 3.44. The molecular formula is C14H16FN3O. The Morgan fingerprint density at radius 3 is 2.79 bits per heavy atom. The van der Waals surface area contributed by atoms with E-state index in [4.69, 9.17) is 4.52 Å². The molecule has 1 aromatic carbocycles. The zero-order valence-electron chi connectivity index (χ0n) is 10.8. The first kappa shape index (κ1) is 12.3. The smallest absolute Gasteiger partial charge is 0.258 e. The van der Waals surface area contributed by atoms with E-state index in [-0.39, 0.29) is 5.82 Å². The molecule has 0 aliphatic carbocycles. The zero-order chi connectivity index (χ0) is 13.2. The van der Waals surface area contributed by atoms with Crippen LogP contribution in [0.5, 0.6) is 0 Å². The van der Waals surface area contributed by atoms with Crippen LogP contribution in [0.3, 0.4) is 0 Å². The normalized spacial score (nSPS) is 16.7. The Morgan fingerprint density at radius 1 is 1.26 bits per heavy atom. The number of benzene rings is 1. The molecule has 0 unspecified atom stereocenters. The number of aromatic nitrogens is 2. The summed E-state index contributed by atoms with van der Waals surface area (Å²) in [6, 6.07) is 4.75. The van der Waals surface area contributed by atoms with Crippen LogP contribution in [0.15, 0.2) is 22.7 Å². The number of piperidine rings is 1. The third-order valence-corrected chi connectivity index (χ3v) is 3.44. The van der Waals surface area contributed by atoms with Crippen molar-refractivity contribution in [3.8, 4) is 11.5 Å². The maximum absolute atomic E-state index is 13.4. The quantitative estimate of drug-likeness (QED) is 0.903. The summed E-state index contributed by atoms with van der Waals surface area (Å²) in [5.74, 6) is 1.19. The van der Waals surface area contributed by atoms with E-state index in [0.717, 1.165) is 37.3 Å². The highest BCUT2D eigenvalue weighted by Gasteiger charge is 2.21. The van der Waals surface area contributed by atoms with Gasteiger partial charge in [0, 0.05) is 11.5 Å². The second-order valence-corrected chi connectivity index (χ2v) is 5.00. The zero-order valence-corrected chi connectivity index (χ0v) is 10.8. The van der Waals surface area contributed by atoms with E-state index in [1.165, 1.54) is 12.1 Å². The van der Waals surface area contributed by atoms with Crippen LogP contribution in [0.1, 0.15) is 30.1 Å². The molecule has 2 aromatic rings. The molecule has 1 aliphatic heterocycles. The SMILES string of the molecule is Cc1cc(F)cc(-c2nc(C3CCNCC3)no2)c1. The van der Waals surface area contributed by atoms with Gasteiger partial charge in [0.2, 0.25) is 0 Å². The highest BCUT2D eigenvalue weighted by atomic mass is 19.1. The summed E-state index contributed by atoms with van der Waals surface area (Å²) in [7, 11) is 0. The van der Waals surface area contributed by atoms with E-state index in [1.807, 2.05) is 13.0 Å². The molecular weight excluding hydrogens is 245 g/mol. The van der Waals surface area contributed by atoms with Crippen molar-refractivity contribution in [2.75, 3.05) is 13.1 Å². The number of aryl methyl sites for hydroxylation is 1. The molecule has 4 nitrogen and oxygen atoms in total. The van der Waals surface area contributed by atoms with Crippen molar-refractivity contribution in [1.82, 2.24) is 15.5 Å². The molecule has 0 atom stereocenters. The first-order valence-electron chi connectivity index (χ1n) is 6.54. The van der Waals surface area contributed by atoms with E-state index in [9.17, 15) is 4.39 Å². The molecule has 0 bridgehead atoms. The summed E-state index contributed by atoms with van der Waals surface area (Å²) in [5, 5.41) is 7.34. The lowest BCUT2D eigenvalue weighted by molar-refractivity contribution is 0.392. The molecule has 5 heteroatoms. The van der Waals surface area contributed by atoms with Gasteiger partial charge in [0.25, 0.3) is 5.89 Å². The minimum Gasteiger partial charge on any atom is -0.334 e. The summed E-state index contributed by atoms with van der Waals surface area (Å²) in [6.07, 6.45) is 2.03. The number of hydrogen-bond donors (Lipinski definition) is 1. The van der Waals surface area contributed by atoms with E-state index in [2.05, 4.69) is 15.5 Å². The van der Waals surface area contributed by atoms with E-state index >= 15 is 0 Å². The molecule has 0 amide bonds. The lowest BCUT2D eigenvalue weighted by atomic mass is 9.98. The van der Waals surface area contributed by atoms with Crippen LogP contribution in [0.25, 0.3) is 11.5 Å². The molecule has 0 radical (unpaired) electrons. The van der Waals surface area contributed by atoms with Crippen molar-refractivity contribution < 1.29 is 8.91 Å². The summed E-state index contributed by atoms with van der Waals surface area (Å²) < 4.78 is 18.6. The predicted molar refractivity (Wildman–Crippen MR) is 69.3 cm³/mol. The van der Waals surface area contributed by atoms with Crippen LogP contribution in [-0.2, 0) is 0 Å². The highest BCUT2D eigenvalue weighted by Crippen LogP contribution is 2.26. The number of nitrogens with one attached hydrogen (secondary N) is 1. The van der Waals surface area contributed by atoms with E-state index in [1.54, 1.807) is 0 Å². The van der Waals surface area contributed by atoms with Gasteiger partial charge in [0.05, 0.1) is 0 Å². The van der Waals surface area contributed by atoms with Crippen molar-refractivity contribution in [1.29, 1.82) is 0 Å². The molecule has 0 saturated carbocycles. The van der Waals surface area contributed by atoms with E-state index in [0.29, 0.717) is 17.4 Å². The lowest BCUT2D eigenvalue weighted by Crippen LogP contribution is -2.27. The second kappa shape index (κ2) is 5.09. The Kier molecular flexibility index (Phi) is 3.29. The number of nitrogens with zero attached hydrogens (tertiary/aromatic N) is 2. The van der Waals surface area contributed by atoms with Gasteiger partial charge in [-0.2, -0.15) is 4.98 Å². The first-order chi connectivity index (χ1) is 9.22. The Labute approximate surface area is 111 Å². The molecule has 19 heavy (non-hydrogen) atoms. The van der Waals surface area contributed by atoms with Gasteiger partial charge in [0.1, 0.15) is 5.82 Å². The Balaban J connectivity index is 1.87.